The van der Waals surface area contributed by atoms with Crippen LogP contribution in [-0.4, -0.2) is 108 Å². The molecule has 1 atom stereocenters. The SMILES string of the molecule is N/C(=C\N(N)CCOCCOCCOCCOc1ccc(C2CCC(=O)NC2=O)cc1)CCOc1c(-c2csc(N3CCOCC3)n2)ccc(F)c1F. The molecule has 288 valence electrons. The summed E-state index contributed by atoms with van der Waals surface area (Å²) in [5.41, 5.74) is 8.20. The molecule has 3 aromatic rings. The number of carbonyl (C=O) groups excluding carboxylic acids is 2. The number of hydrogen-bond donors (Lipinski definition) is 3. The van der Waals surface area contributed by atoms with Crippen LogP contribution in [0.2, 0.25) is 0 Å². The first kappa shape index (κ1) is 39.8. The minimum Gasteiger partial charge on any atom is -0.491 e. The molecule has 0 bridgehead atoms. The molecule has 2 aliphatic heterocycles. The fraction of sp³-hybridized carbons (Fsp3) is 0.472. The van der Waals surface area contributed by atoms with Crippen molar-refractivity contribution in [2.75, 3.05) is 90.6 Å². The molecule has 2 saturated heterocycles. The number of piperidine rings is 1. The molecule has 2 fully saturated rings. The molecular formula is C36H46F2N6O8S. The zero-order chi connectivity index (χ0) is 37.4. The van der Waals surface area contributed by atoms with E-state index in [0.717, 1.165) is 16.8 Å². The molecule has 5 N–H and O–H groups in total. The first-order chi connectivity index (χ1) is 25.8. The van der Waals surface area contributed by atoms with E-state index in [2.05, 4.69) is 15.2 Å². The minimum atomic E-state index is -1.08. The van der Waals surface area contributed by atoms with Crippen molar-refractivity contribution >= 4 is 28.3 Å². The maximum Gasteiger partial charge on any atom is 0.234 e. The highest BCUT2D eigenvalue weighted by atomic mass is 32.1. The van der Waals surface area contributed by atoms with Crippen LogP contribution in [0.25, 0.3) is 11.3 Å². The number of halogens is 2. The topological polar surface area (TPSA) is 173 Å². The fourth-order valence-electron chi connectivity index (χ4n) is 5.51. The van der Waals surface area contributed by atoms with E-state index in [1.54, 1.807) is 23.7 Å². The van der Waals surface area contributed by atoms with Gasteiger partial charge in [-0.05, 0) is 36.2 Å². The first-order valence-electron chi connectivity index (χ1n) is 17.4. The molecule has 17 heteroatoms. The number of benzene rings is 2. The summed E-state index contributed by atoms with van der Waals surface area (Å²) in [6, 6.07) is 9.79. The molecule has 2 amide bonds. The van der Waals surface area contributed by atoms with E-state index in [1.807, 2.05) is 12.1 Å². The van der Waals surface area contributed by atoms with E-state index >= 15 is 0 Å². The lowest BCUT2D eigenvalue weighted by molar-refractivity contribution is -0.134. The molecule has 53 heavy (non-hydrogen) atoms. The number of aromatic nitrogens is 1. The van der Waals surface area contributed by atoms with Gasteiger partial charge in [0.15, 0.2) is 16.7 Å². The Morgan fingerprint density at radius 3 is 2.38 bits per heavy atom. The highest BCUT2D eigenvalue weighted by Crippen LogP contribution is 2.36. The molecule has 0 aliphatic carbocycles. The van der Waals surface area contributed by atoms with Crippen LogP contribution in [0.4, 0.5) is 13.9 Å². The standard InChI is InChI=1S/C36H46F2N6O8S/c37-30-7-5-29(31-24-53-36(41-31)43-10-14-47-15-11-43)34(33(30)38)52-13-9-26(39)23-44(40)12-16-48-17-18-49-19-20-50-21-22-51-27-3-1-25(2-4-27)28-6-8-32(45)42-35(28)46/h1-5,7,23-24,28H,6,8-22,39-40H2,(H,42,45,46)/b26-23-. The zero-order valence-electron chi connectivity index (χ0n) is 29.4. The van der Waals surface area contributed by atoms with E-state index in [1.165, 1.54) is 22.4 Å². The van der Waals surface area contributed by atoms with Crippen molar-refractivity contribution in [3.8, 4) is 22.8 Å². The summed E-state index contributed by atoms with van der Waals surface area (Å²) >= 11 is 1.42. The summed E-state index contributed by atoms with van der Waals surface area (Å²) in [6.45, 7) is 5.63. The summed E-state index contributed by atoms with van der Waals surface area (Å²) in [6.07, 6.45) is 2.61. The maximum atomic E-state index is 14.8. The maximum absolute atomic E-state index is 14.8. The molecule has 5 rings (SSSR count). The van der Waals surface area contributed by atoms with Crippen LogP contribution < -0.4 is 31.3 Å². The van der Waals surface area contributed by atoms with E-state index in [0.29, 0.717) is 115 Å². The number of imide groups is 1. The molecule has 2 aromatic carbocycles. The molecule has 0 saturated carbocycles. The molecular weight excluding hydrogens is 714 g/mol. The predicted molar refractivity (Wildman–Crippen MR) is 193 cm³/mol. The van der Waals surface area contributed by atoms with Gasteiger partial charge in [-0.3, -0.25) is 14.9 Å². The van der Waals surface area contributed by atoms with Crippen molar-refractivity contribution in [2.24, 2.45) is 11.6 Å². The Morgan fingerprint density at radius 2 is 1.66 bits per heavy atom. The van der Waals surface area contributed by atoms with Gasteiger partial charge in [0.05, 0.1) is 77.6 Å². The Balaban J connectivity index is 0.891. The minimum absolute atomic E-state index is 0.00342. The van der Waals surface area contributed by atoms with Crippen molar-refractivity contribution in [2.45, 2.75) is 25.2 Å². The number of carbonyl (C=O) groups is 2. The van der Waals surface area contributed by atoms with Gasteiger partial charge < -0.3 is 44.1 Å². The van der Waals surface area contributed by atoms with Crippen LogP contribution in [0.5, 0.6) is 11.5 Å². The van der Waals surface area contributed by atoms with Gasteiger partial charge >= 0.3 is 0 Å². The number of nitrogens with zero attached hydrogens (tertiary/aromatic N) is 3. The normalized spacial score (nSPS) is 16.5. The number of ether oxygens (including phenoxy) is 6. The average molecular weight is 761 g/mol. The van der Waals surface area contributed by atoms with E-state index in [9.17, 15) is 18.4 Å². The number of morpholine rings is 1. The highest BCUT2D eigenvalue weighted by Gasteiger charge is 2.28. The van der Waals surface area contributed by atoms with Gasteiger partial charge in [0.25, 0.3) is 0 Å². The zero-order valence-corrected chi connectivity index (χ0v) is 30.3. The van der Waals surface area contributed by atoms with Crippen LogP contribution in [0.15, 0.2) is 53.7 Å². The molecule has 14 nitrogen and oxygen atoms in total. The number of nitrogens with one attached hydrogen (secondary N) is 1. The van der Waals surface area contributed by atoms with Gasteiger partial charge in [-0.2, -0.15) is 4.39 Å². The lowest BCUT2D eigenvalue weighted by atomic mass is 9.90. The van der Waals surface area contributed by atoms with Crippen molar-refractivity contribution in [3.63, 3.8) is 0 Å². The second-order valence-electron chi connectivity index (χ2n) is 12.2. The molecule has 1 unspecified atom stereocenters. The van der Waals surface area contributed by atoms with Crippen molar-refractivity contribution in [1.29, 1.82) is 0 Å². The molecule has 3 heterocycles. The number of hydrazine groups is 1. The van der Waals surface area contributed by atoms with Crippen LogP contribution in [-0.2, 0) is 28.5 Å². The van der Waals surface area contributed by atoms with Crippen LogP contribution in [0, 0.1) is 11.6 Å². The third-order valence-corrected chi connectivity index (χ3v) is 9.23. The Bertz CT molecular complexity index is 1660. The smallest absolute Gasteiger partial charge is 0.234 e. The molecule has 0 spiro atoms. The fourth-order valence-corrected chi connectivity index (χ4v) is 6.39. The second kappa shape index (κ2) is 20.7. The monoisotopic (exact) mass is 760 g/mol. The quantitative estimate of drug-likeness (QED) is 0.0626. The third kappa shape index (κ3) is 12.3. The van der Waals surface area contributed by atoms with Crippen LogP contribution in [0.1, 0.15) is 30.7 Å². The lowest BCUT2D eigenvalue weighted by Gasteiger charge is -2.26. The lowest BCUT2D eigenvalue weighted by Crippen LogP contribution is -2.39. The largest absolute Gasteiger partial charge is 0.491 e. The molecule has 1 aromatic heterocycles. The summed E-state index contributed by atoms with van der Waals surface area (Å²) < 4.78 is 62.4. The van der Waals surface area contributed by atoms with Crippen molar-refractivity contribution in [3.05, 3.63) is 70.9 Å². The number of nitrogens with two attached hydrogens (primary N) is 2. The van der Waals surface area contributed by atoms with E-state index in [4.69, 9.17) is 40.0 Å². The van der Waals surface area contributed by atoms with E-state index < -0.39 is 11.6 Å². The molecule has 0 radical (unpaired) electrons. The van der Waals surface area contributed by atoms with Crippen molar-refractivity contribution < 1.29 is 46.8 Å². The predicted octanol–water partition coefficient (Wildman–Crippen LogP) is 3.32. The van der Waals surface area contributed by atoms with Gasteiger partial charge in [-0.25, -0.2) is 15.2 Å². The number of anilines is 1. The van der Waals surface area contributed by atoms with Gasteiger partial charge in [-0.15, -0.1) is 11.3 Å². The van der Waals surface area contributed by atoms with Gasteiger partial charge in [-0.1, -0.05) is 12.1 Å². The number of rotatable bonds is 21. The summed E-state index contributed by atoms with van der Waals surface area (Å²) in [7, 11) is 0. The van der Waals surface area contributed by atoms with Crippen LogP contribution in [0.3, 0.4) is 0 Å². The summed E-state index contributed by atoms with van der Waals surface area (Å²) in [5, 5.41) is 6.34. The highest BCUT2D eigenvalue weighted by molar-refractivity contribution is 7.14. The Labute approximate surface area is 310 Å². The van der Waals surface area contributed by atoms with Gasteiger partial charge in [0.1, 0.15) is 12.4 Å². The number of hydrogen-bond acceptors (Lipinski definition) is 14. The van der Waals surface area contributed by atoms with Gasteiger partial charge in [0, 0.05) is 48.8 Å². The van der Waals surface area contributed by atoms with Gasteiger partial charge in [0.2, 0.25) is 17.6 Å². The Morgan fingerprint density at radius 1 is 0.962 bits per heavy atom. The summed E-state index contributed by atoms with van der Waals surface area (Å²) in [4.78, 5) is 30.1. The van der Waals surface area contributed by atoms with Crippen molar-refractivity contribution in [1.82, 2.24) is 15.3 Å². The average Bonchev–Trinajstić information content (AvgIpc) is 3.65. The van der Waals surface area contributed by atoms with E-state index in [-0.39, 0.29) is 36.5 Å². The first-order valence-corrected chi connectivity index (χ1v) is 18.3. The Hall–Kier alpha value is -4.39. The Kier molecular flexibility index (Phi) is 15.6. The summed E-state index contributed by atoms with van der Waals surface area (Å²) in [5.74, 6) is 3.54. The number of thiazole rings is 1. The van der Waals surface area contributed by atoms with Crippen LogP contribution >= 0.6 is 11.3 Å². The molecule has 2 aliphatic rings. The second-order valence-corrected chi connectivity index (χ2v) is 13.0. The number of amides is 2. The third-order valence-electron chi connectivity index (χ3n) is 8.32.